The molecule has 0 aliphatic rings. The van der Waals surface area contributed by atoms with Crippen LogP contribution in [0.2, 0.25) is 0 Å². The maximum atomic E-state index is 3.28. The van der Waals surface area contributed by atoms with Crippen LogP contribution in [0.1, 0.15) is 20.3 Å². The van der Waals surface area contributed by atoms with Crippen molar-refractivity contribution in [3.05, 3.63) is 11.9 Å². The lowest BCUT2D eigenvalue weighted by Gasteiger charge is -2.09. The van der Waals surface area contributed by atoms with Crippen molar-refractivity contribution in [3.8, 4) is 0 Å². The van der Waals surface area contributed by atoms with E-state index in [1.165, 1.54) is 12.1 Å². The van der Waals surface area contributed by atoms with Crippen LogP contribution in [-0.4, -0.2) is 25.5 Å². The first kappa shape index (κ1) is 9.34. The molecule has 0 amide bonds. The molecule has 0 bridgehead atoms. The average molecular weight is 142 g/mol. The first-order valence-electron chi connectivity index (χ1n) is 3.75. The predicted molar refractivity (Wildman–Crippen MR) is 45.7 cm³/mol. The van der Waals surface area contributed by atoms with Crippen LogP contribution in [-0.2, 0) is 0 Å². The quantitative estimate of drug-likeness (QED) is 0.638. The molecule has 0 radical (unpaired) electrons. The lowest BCUT2D eigenvalue weighted by Crippen LogP contribution is -2.14. The first-order valence-corrected chi connectivity index (χ1v) is 3.75. The Morgan fingerprint density at radius 2 is 2.10 bits per heavy atom. The number of hydrogen-bond donors (Lipinski definition) is 1. The van der Waals surface area contributed by atoms with E-state index >= 15 is 0 Å². The molecule has 0 aromatic rings. The Morgan fingerprint density at radius 3 is 2.50 bits per heavy atom. The molecular formula is C8H18N2. The van der Waals surface area contributed by atoms with Crippen LogP contribution in [0.15, 0.2) is 11.9 Å². The van der Waals surface area contributed by atoms with Gasteiger partial charge >= 0.3 is 0 Å². The summed E-state index contributed by atoms with van der Waals surface area (Å²) in [7, 11) is 4.05. The van der Waals surface area contributed by atoms with Gasteiger partial charge in [0.15, 0.2) is 0 Å². The molecule has 0 atom stereocenters. The molecule has 2 nitrogen and oxygen atoms in total. The highest BCUT2D eigenvalue weighted by Gasteiger charge is 1.85. The van der Waals surface area contributed by atoms with Gasteiger partial charge in [0.2, 0.25) is 0 Å². The van der Waals surface area contributed by atoms with Gasteiger partial charge in [0.05, 0.1) is 0 Å². The minimum absolute atomic E-state index is 1.07. The average Bonchev–Trinajstić information content (AvgIpc) is 1.82. The minimum atomic E-state index is 1.07. The summed E-state index contributed by atoms with van der Waals surface area (Å²) in [4.78, 5) is 2.04. The van der Waals surface area contributed by atoms with Gasteiger partial charge < -0.3 is 10.2 Å². The van der Waals surface area contributed by atoms with Gasteiger partial charge in [-0.3, -0.25) is 0 Å². The predicted octanol–water partition coefficient (Wildman–Crippen LogP) is 1.41. The second-order valence-corrected chi connectivity index (χ2v) is 2.70. The van der Waals surface area contributed by atoms with E-state index in [-0.39, 0.29) is 0 Å². The Labute approximate surface area is 63.9 Å². The monoisotopic (exact) mass is 142 g/mol. The van der Waals surface area contributed by atoms with Crippen molar-refractivity contribution in [1.29, 1.82) is 0 Å². The van der Waals surface area contributed by atoms with Crippen molar-refractivity contribution in [3.63, 3.8) is 0 Å². The second kappa shape index (κ2) is 5.15. The molecule has 0 unspecified atom stereocenters. The lowest BCUT2D eigenvalue weighted by atomic mass is 10.4. The van der Waals surface area contributed by atoms with Crippen molar-refractivity contribution in [2.24, 2.45) is 0 Å². The molecule has 0 saturated heterocycles. The maximum Gasteiger partial charge on any atom is 0.0236 e. The largest absolute Gasteiger partial charge is 0.387 e. The van der Waals surface area contributed by atoms with Gasteiger partial charge in [0.25, 0.3) is 0 Å². The van der Waals surface area contributed by atoms with Crippen molar-refractivity contribution < 1.29 is 0 Å². The number of hydrogen-bond acceptors (Lipinski definition) is 2. The number of nitrogens with one attached hydrogen (secondary N) is 1. The van der Waals surface area contributed by atoms with E-state index in [0.717, 1.165) is 6.54 Å². The Kier molecular flexibility index (Phi) is 4.81. The SMILES string of the molecule is CCCN/C(C)=C\N(C)C. The Bertz CT molecular complexity index is 106. The third kappa shape index (κ3) is 5.48. The van der Waals surface area contributed by atoms with E-state index in [1.807, 2.05) is 19.0 Å². The Balaban J connectivity index is 3.49. The van der Waals surface area contributed by atoms with Crippen LogP contribution in [0, 0.1) is 0 Å². The number of rotatable bonds is 4. The van der Waals surface area contributed by atoms with E-state index in [2.05, 4.69) is 25.4 Å². The fourth-order valence-electron chi connectivity index (χ4n) is 0.755. The summed E-state index contributed by atoms with van der Waals surface area (Å²) >= 11 is 0. The zero-order valence-corrected chi connectivity index (χ0v) is 7.44. The van der Waals surface area contributed by atoms with E-state index in [9.17, 15) is 0 Å². The van der Waals surface area contributed by atoms with Gasteiger partial charge in [-0.2, -0.15) is 0 Å². The molecular weight excluding hydrogens is 124 g/mol. The maximum absolute atomic E-state index is 3.28. The highest BCUT2D eigenvalue weighted by Crippen LogP contribution is 1.87. The van der Waals surface area contributed by atoms with Crippen LogP contribution in [0.3, 0.4) is 0 Å². The fourth-order valence-corrected chi connectivity index (χ4v) is 0.755. The van der Waals surface area contributed by atoms with Gasteiger partial charge in [-0.1, -0.05) is 6.92 Å². The van der Waals surface area contributed by atoms with E-state index in [0.29, 0.717) is 0 Å². The molecule has 60 valence electrons. The third-order valence-corrected chi connectivity index (χ3v) is 1.11. The zero-order chi connectivity index (χ0) is 7.98. The summed E-state index contributed by atoms with van der Waals surface area (Å²) in [5.74, 6) is 0. The van der Waals surface area contributed by atoms with Gasteiger partial charge in [-0.25, -0.2) is 0 Å². The molecule has 2 heteroatoms. The van der Waals surface area contributed by atoms with E-state index < -0.39 is 0 Å². The molecule has 10 heavy (non-hydrogen) atoms. The van der Waals surface area contributed by atoms with Crippen molar-refractivity contribution in [2.75, 3.05) is 20.6 Å². The standard InChI is InChI=1S/C8H18N2/c1-5-6-9-8(2)7-10(3)4/h7,9H,5-6H2,1-4H3/b8-7-. The summed E-state index contributed by atoms with van der Waals surface area (Å²) < 4.78 is 0. The van der Waals surface area contributed by atoms with Crippen LogP contribution in [0.5, 0.6) is 0 Å². The van der Waals surface area contributed by atoms with Gasteiger partial charge in [-0.05, 0) is 13.3 Å². The molecule has 0 fully saturated rings. The molecule has 0 heterocycles. The smallest absolute Gasteiger partial charge is 0.0236 e. The lowest BCUT2D eigenvalue weighted by molar-refractivity contribution is 0.549. The molecule has 0 rings (SSSR count). The first-order chi connectivity index (χ1) is 4.66. The topological polar surface area (TPSA) is 15.3 Å². The van der Waals surface area contributed by atoms with Crippen molar-refractivity contribution >= 4 is 0 Å². The molecule has 0 spiro atoms. The highest BCUT2D eigenvalue weighted by molar-refractivity contribution is 4.92. The second-order valence-electron chi connectivity index (χ2n) is 2.70. The van der Waals surface area contributed by atoms with Crippen molar-refractivity contribution in [2.45, 2.75) is 20.3 Å². The number of nitrogens with zero attached hydrogens (tertiary/aromatic N) is 1. The van der Waals surface area contributed by atoms with Crippen LogP contribution in [0.25, 0.3) is 0 Å². The highest BCUT2D eigenvalue weighted by atomic mass is 15.0. The summed E-state index contributed by atoms with van der Waals surface area (Å²) in [6.45, 7) is 5.31. The molecule has 0 aliphatic carbocycles. The van der Waals surface area contributed by atoms with Gasteiger partial charge in [0, 0.05) is 32.5 Å². The Morgan fingerprint density at radius 1 is 1.50 bits per heavy atom. The normalized spacial score (nSPS) is 11.4. The van der Waals surface area contributed by atoms with Crippen molar-refractivity contribution in [1.82, 2.24) is 10.2 Å². The summed E-state index contributed by atoms with van der Waals surface area (Å²) in [6, 6.07) is 0. The zero-order valence-electron chi connectivity index (χ0n) is 7.44. The summed E-state index contributed by atoms with van der Waals surface area (Å²) in [5.41, 5.74) is 1.23. The fraction of sp³-hybridized carbons (Fsp3) is 0.750. The van der Waals surface area contributed by atoms with Gasteiger partial charge in [0.1, 0.15) is 0 Å². The Hall–Kier alpha value is -0.660. The summed E-state index contributed by atoms with van der Waals surface area (Å²) in [5, 5.41) is 3.28. The summed E-state index contributed by atoms with van der Waals surface area (Å²) in [6.07, 6.45) is 3.26. The minimum Gasteiger partial charge on any atom is -0.387 e. The van der Waals surface area contributed by atoms with Gasteiger partial charge in [-0.15, -0.1) is 0 Å². The van der Waals surface area contributed by atoms with Crippen LogP contribution in [0.4, 0.5) is 0 Å². The molecule has 0 aliphatic heterocycles. The van der Waals surface area contributed by atoms with E-state index in [4.69, 9.17) is 0 Å². The van der Waals surface area contributed by atoms with E-state index in [1.54, 1.807) is 0 Å². The molecule has 0 aromatic carbocycles. The molecule has 0 aromatic heterocycles. The van der Waals surface area contributed by atoms with Crippen LogP contribution >= 0.6 is 0 Å². The van der Waals surface area contributed by atoms with Crippen LogP contribution < -0.4 is 5.32 Å². The molecule has 0 saturated carbocycles. The molecule has 1 N–H and O–H groups in total. The third-order valence-electron chi connectivity index (χ3n) is 1.11. The number of allylic oxidation sites excluding steroid dienone is 1.